The van der Waals surface area contributed by atoms with Crippen LogP contribution in [0.5, 0.6) is 0 Å². The lowest BCUT2D eigenvalue weighted by Crippen LogP contribution is -2.41. The fraction of sp³-hybridized carbons (Fsp3) is 0.909. The summed E-state index contributed by atoms with van der Waals surface area (Å²) in [6, 6.07) is 0. The molecule has 88 valence electrons. The summed E-state index contributed by atoms with van der Waals surface area (Å²) in [7, 11) is 1.68. The fourth-order valence-electron chi connectivity index (χ4n) is 1.97. The molecule has 0 saturated carbocycles. The number of nitrogens with one attached hydrogen (secondary N) is 1. The van der Waals surface area contributed by atoms with Crippen molar-refractivity contribution in [1.29, 1.82) is 0 Å². The number of hydrogen-bond donors (Lipinski definition) is 1. The second-order valence-corrected chi connectivity index (χ2v) is 3.94. The van der Waals surface area contributed by atoms with Crippen LogP contribution in [-0.2, 0) is 9.53 Å². The smallest absolute Gasteiger partial charge is 0.221 e. The zero-order valence-corrected chi connectivity index (χ0v) is 9.79. The van der Waals surface area contributed by atoms with E-state index in [1.54, 1.807) is 7.05 Å². The third kappa shape index (κ3) is 4.62. The van der Waals surface area contributed by atoms with Crippen LogP contribution in [0.2, 0.25) is 0 Å². The Hall–Kier alpha value is -0.610. The molecule has 0 bridgehead atoms. The lowest BCUT2D eigenvalue weighted by atomic mass is 10.1. The summed E-state index contributed by atoms with van der Waals surface area (Å²) in [5.74, 6) is 0.119. The molecular weight excluding hydrogens is 192 g/mol. The molecule has 1 rings (SSSR count). The van der Waals surface area contributed by atoms with Crippen molar-refractivity contribution in [1.82, 2.24) is 10.2 Å². The topological polar surface area (TPSA) is 41.6 Å². The first-order valence-corrected chi connectivity index (χ1v) is 5.80. The molecule has 0 unspecified atom stereocenters. The molecule has 0 spiro atoms. The van der Waals surface area contributed by atoms with Gasteiger partial charge < -0.3 is 15.0 Å². The lowest BCUT2D eigenvalue weighted by molar-refractivity contribution is -0.121. The maximum absolute atomic E-state index is 11.1. The van der Waals surface area contributed by atoms with Crippen molar-refractivity contribution < 1.29 is 9.53 Å². The van der Waals surface area contributed by atoms with E-state index in [4.69, 9.17) is 4.74 Å². The molecule has 1 amide bonds. The van der Waals surface area contributed by atoms with Gasteiger partial charge in [0.05, 0.1) is 6.10 Å². The summed E-state index contributed by atoms with van der Waals surface area (Å²) in [6.45, 7) is 5.74. The third-order valence-corrected chi connectivity index (χ3v) is 2.80. The molecule has 4 heteroatoms. The maximum atomic E-state index is 11.1. The lowest BCUT2D eigenvalue weighted by Gasteiger charge is -2.32. The predicted molar refractivity (Wildman–Crippen MR) is 59.8 cm³/mol. The van der Waals surface area contributed by atoms with Gasteiger partial charge in [0.25, 0.3) is 0 Å². The van der Waals surface area contributed by atoms with Crippen LogP contribution in [0.15, 0.2) is 0 Å². The molecule has 0 radical (unpaired) electrons. The highest BCUT2D eigenvalue weighted by Gasteiger charge is 2.19. The number of likely N-dealkylation sites (tertiary alicyclic amines) is 1. The molecule has 1 saturated heterocycles. The van der Waals surface area contributed by atoms with E-state index >= 15 is 0 Å². The molecule has 4 nitrogen and oxygen atoms in total. The van der Waals surface area contributed by atoms with Gasteiger partial charge in [-0.2, -0.15) is 0 Å². The zero-order chi connectivity index (χ0) is 11.1. The first kappa shape index (κ1) is 12.5. The van der Waals surface area contributed by atoms with Crippen molar-refractivity contribution in [3.8, 4) is 0 Å². The van der Waals surface area contributed by atoms with Crippen LogP contribution in [0.4, 0.5) is 0 Å². The van der Waals surface area contributed by atoms with E-state index in [1.807, 2.05) is 6.92 Å². The number of amides is 1. The predicted octanol–water partition coefficient (Wildman–Crippen LogP) is 0.623. The Kier molecular flexibility index (Phi) is 5.65. The van der Waals surface area contributed by atoms with Gasteiger partial charge in [-0.05, 0) is 26.3 Å². The standard InChI is InChI=1S/C11H22N2O2/c1-3-15-10-5-4-7-13(9-10)8-6-11(14)12-2/h10H,3-9H2,1-2H3,(H,12,14)/t10-/m1/s1. The maximum Gasteiger partial charge on any atom is 0.221 e. The highest BCUT2D eigenvalue weighted by Crippen LogP contribution is 2.13. The largest absolute Gasteiger partial charge is 0.377 e. The van der Waals surface area contributed by atoms with Crippen LogP contribution in [0.1, 0.15) is 26.2 Å². The minimum atomic E-state index is 0.119. The van der Waals surface area contributed by atoms with E-state index in [0.29, 0.717) is 12.5 Å². The van der Waals surface area contributed by atoms with Gasteiger partial charge in [-0.25, -0.2) is 0 Å². The average molecular weight is 214 g/mol. The number of hydrogen-bond acceptors (Lipinski definition) is 3. The van der Waals surface area contributed by atoms with Gasteiger partial charge in [0.1, 0.15) is 0 Å². The third-order valence-electron chi connectivity index (χ3n) is 2.80. The summed E-state index contributed by atoms with van der Waals surface area (Å²) >= 11 is 0. The van der Waals surface area contributed by atoms with E-state index in [0.717, 1.165) is 32.7 Å². The second kappa shape index (κ2) is 6.80. The van der Waals surface area contributed by atoms with Crippen molar-refractivity contribution in [3.05, 3.63) is 0 Å². The Morgan fingerprint density at radius 2 is 2.40 bits per heavy atom. The summed E-state index contributed by atoms with van der Waals surface area (Å²) in [4.78, 5) is 13.4. The number of ether oxygens (including phenoxy) is 1. The summed E-state index contributed by atoms with van der Waals surface area (Å²) in [5, 5.41) is 2.64. The molecule has 1 heterocycles. The van der Waals surface area contributed by atoms with Gasteiger partial charge in [0.15, 0.2) is 0 Å². The molecule has 1 atom stereocenters. The number of rotatable bonds is 5. The van der Waals surface area contributed by atoms with E-state index in [9.17, 15) is 4.79 Å². The van der Waals surface area contributed by atoms with Crippen LogP contribution in [0, 0.1) is 0 Å². The second-order valence-electron chi connectivity index (χ2n) is 3.94. The van der Waals surface area contributed by atoms with Gasteiger partial charge in [0.2, 0.25) is 5.91 Å². The molecule has 1 N–H and O–H groups in total. The molecule has 0 aliphatic carbocycles. The molecule has 0 aromatic rings. The van der Waals surface area contributed by atoms with Crippen molar-refractivity contribution in [3.63, 3.8) is 0 Å². The summed E-state index contributed by atoms with van der Waals surface area (Å²) in [6.07, 6.45) is 3.30. The van der Waals surface area contributed by atoms with Crippen molar-refractivity contribution >= 4 is 5.91 Å². The molecule has 0 aromatic heterocycles. The highest BCUT2D eigenvalue weighted by atomic mass is 16.5. The normalized spacial score (nSPS) is 22.7. The molecular formula is C11H22N2O2. The van der Waals surface area contributed by atoms with Gasteiger partial charge in [-0.1, -0.05) is 0 Å². The van der Waals surface area contributed by atoms with Gasteiger partial charge >= 0.3 is 0 Å². The number of piperidine rings is 1. The molecule has 1 fully saturated rings. The molecule has 15 heavy (non-hydrogen) atoms. The van der Waals surface area contributed by atoms with Crippen LogP contribution in [-0.4, -0.2) is 50.2 Å². The van der Waals surface area contributed by atoms with E-state index < -0.39 is 0 Å². The first-order valence-electron chi connectivity index (χ1n) is 5.80. The van der Waals surface area contributed by atoms with Crippen molar-refractivity contribution in [2.45, 2.75) is 32.3 Å². The first-order chi connectivity index (χ1) is 7.26. The van der Waals surface area contributed by atoms with Crippen LogP contribution >= 0.6 is 0 Å². The van der Waals surface area contributed by atoms with Crippen LogP contribution in [0.25, 0.3) is 0 Å². The van der Waals surface area contributed by atoms with E-state index in [2.05, 4.69) is 10.2 Å². The molecule has 1 aliphatic rings. The Bertz CT molecular complexity index is 195. The SMILES string of the molecule is CCO[C@@H]1CCCN(CCC(=O)NC)C1. The minimum absolute atomic E-state index is 0.119. The van der Waals surface area contributed by atoms with E-state index in [-0.39, 0.29) is 5.91 Å². The Morgan fingerprint density at radius 1 is 1.60 bits per heavy atom. The average Bonchev–Trinajstić information content (AvgIpc) is 2.27. The number of carbonyl (C=O) groups excluding carboxylic acids is 1. The van der Waals surface area contributed by atoms with Gasteiger partial charge in [-0.15, -0.1) is 0 Å². The Morgan fingerprint density at radius 3 is 3.07 bits per heavy atom. The fourth-order valence-corrected chi connectivity index (χ4v) is 1.97. The van der Waals surface area contributed by atoms with Crippen molar-refractivity contribution in [2.75, 3.05) is 33.3 Å². The number of nitrogens with zero attached hydrogens (tertiary/aromatic N) is 1. The monoisotopic (exact) mass is 214 g/mol. The quantitative estimate of drug-likeness (QED) is 0.729. The van der Waals surface area contributed by atoms with E-state index in [1.165, 1.54) is 6.42 Å². The van der Waals surface area contributed by atoms with Crippen LogP contribution < -0.4 is 5.32 Å². The van der Waals surface area contributed by atoms with Gasteiger partial charge in [-0.3, -0.25) is 4.79 Å². The van der Waals surface area contributed by atoms with Gasteiger partial charge in [0, 0.05) is 33.2 Å². The minimum Gasteiger partial charge on any atom is -0.377 e. The Labute approximate surface area is 92.0 Å². The zero-order valence-electron chi connectivity index (χ0n) is 9.79. The molecule has 1 aliphatic heterocycles. The number of carbonyl (C=O) groups is 1. The Balaban J connectivity index is 2.21. The van der Waals surface area contributed by atoms with Crippen LogP contribution in [0.3, 0.4) is 0 Å². The summed E-state index contributed by atoms with van der Waals surface area (Å²) in [5.41, 5.74) is 0. The highest BCUT2D eigenvalue weighted by molar-refractivity contribution is 5.75. The van der Waals surface area contributed by atoms with Crippen molar-refractivity contribution in [2.24, 2.45) is 0 Å². The molecule has 0 aromatic carbocycles. The summed E-state index contributed by atoms with van der Waals surface area (Å²) < 4.78 is 5.60.